The van der Waals surface area contributed by atoms with Crippen LogP contribution in [0.2, 0.25) is 0 Å². The van der Waals surface area contributed by atoms with Gasteiger partial charge in [-0.15, -0.1) is 22.7 Å². The van der Waals surface area contributed by atoms with Gasteiger partial charge in [-0.3, -0.25) is 9.80 Å². The summed E-state index contributed by atoms with van der Waals surface area (Å²) in [5.41, 5.74) is 0. The molecule has 0 radical (unpaired) electrons. The molecule has 0 saturated carbocycles. The fourth-order valence-corrected chi connectivity index (χ4v) is 4.35. The molecule has 1 aliphatic heterocycles. The van der Waals surface area contributed by atoms with Crippen LogP contribution in [0.15, 0.2) is 22.9 Å². The highest BCUT2D eigenvalue weighted by Gasteiger charge is 2.13. The molecule has 23 heavy (non-hydrogen) atoms. The molecule has 2 aromatic heterocycles. The number of hydrogen-bond donors (Lipinski definition) is 0. The summed E-state index contributed by atoms with van der Waals surface area (Å²) in [4.78, 5) is 7.34. The molecule has 0 bridgehead atoms. The Morgan fingerprint density at radius 1 is 0.826 bits per heavy atom. The molecule has 0 amide bonds. The predicted octanol–water partition coefficient (Wildman–Crippen LogP) is 3.53. The van der Waals surface area contributed by atoms with Crippen LogP contribution in [0.3, 0.4) is 0 Å². The van der Waals surface area contributed by atoms with Crippen molar-refractivity contribution in [1.29, 1.82) is 0 Å². The Hall–Kier alpha value is -1.08. The molecule has 0 aliphatic carbocycles. The van der Waals surface area contributed by atoms with Gasteiger partial charge in [-0.1, -0.05) is 0 Å². The van der Waals surface area contributed by atoms with Gasteiger partial charge in [-0.25, -0.2) is 0 Å². The largest absolute Gasteiger partial charge is 0.492 e. The topological polar surface area (TPSA) is 24.9 Å². The zero-order valence-corrected chi connectivity index (χ0v) is 15.4. The van der Waals surface area contributed by atoms with E-state index in [1.807, 2.05) is 0 Å². The first-order chi connectivity index (χ1) is 11.2. The second kappa shape index (κ2) is 8.15. The molecule has 0 N–H and O–H groups in total. The maximum atomic E-state index is 5.94. The van der Waals surface area contributed by atoms with Gasteiger partial charge in [0.15, 0.2) is 0 Å². The number of rotatable bonds is 0. The van der Waals surface area contributed by atoms with Crippen LogP contribution in [-0.4, -0.2) is 50.2 Å². The van der Waals surface area contributed by atoms with Crippen LogP contribution in [-0.2, 0) is 13.1 Å². The standard InChI is InChI=1S/C17H24N2O2S2/c1-18-6-7-19(2)13-17-15(5-11-23-17)21-9-3-8-20-14-4-10-22-16(14)12-18/h4-5,10-11H,3,6-9,12-13H2,1-2H3. The zero-order chi connectivity index (χ0) is 16.1. The molecule has 6 heteroatoms. The van der Waals surface area contributed by atoms with Crippen LogP contribution in [0.25, 0.3) is 0 Å². The molecular weight excluding hydrogens is 328 g/mol. The van der Waals surface area contributed by atoms with Crippen LogP contribution in [0, 0.1) is 0 Å². The Labute approximate surface area is 146 Å². The predicted molar refractivity (Wildman–Crippen MR) is 96.9 cm³/mol. The molecule has 0 unspecified atom stereocenters. The summed E-state index contributed by atoms with van der Waals surface area (Å²) in [5, 5.41) is 4.23. The SMILES string of the molecule is CN1CCN(C)Cc2sccc2OCCCOc2ccsc2C1. The summed E-state index contributed by atoms with van der Waals surface area (Å²) in [5.74, 6) is 2.06. The maximum absolute atomic E-state index is 5.94. The van der Waals surface area contributed by atoms with E-state index < -0.39 is 0 Å². The first kappa shape index (κ1) is 16.8. The van der Waals surface area contributed by atoms with E-state index in [9.17, 15) is 0 Å². The van der Waals surface area contributed by atoms with Crippen molar-refractivity contribution >= 4 is 22.7 Å². The summed E-state index contributed by atoms with van der Waals surface area (Å²) in [6.07, 6.45) is 0.899. The van der Waals surface area contributed by atoms with Crippen LogP contribution >= 0.6 is 22.7 Å². The Kier molecular flexibility index (Phi) is 5.94. The monoisotopic (exact) mass is 352 g/mol. The van der Waals surface area contributed by atoms with Crippen molar-refractivity contribution in [1.82, 2.24) is 9.80 Å². The summed E-state index contributed by atoms with van der Waals surface area (Å²) < 4.78 is 11.9. The van der Waals surface area contributed by atoms with Crippen LogP contribution in [0.5, 0.6) is 11.5 Å². The van der Waals surface area contributed by atoms with E-state index >= 15 is 0 Å². The third-order valence-corrected chi connectivity index (χ3v) is 5.68. The van der Waals surface area contributed by atoms with Crippen molar-refractivity contribution in [3.05, 3.63) is 32.6 Å². The molecule has 0 saturated heterocycles. The highest BCUT2D eigenvalue weighted by molar-refractivity contribution is 7.10. The van der Waals surface area contributed by atoms with E-state index in [2.05, 4.69) is 46.8 Å². The van der Waals surface area contributed by atoms with Crippen molar-refractivity contribution in [3.63, 3.8) is 0 Å². The zero-order valence-electron chi connectivity index (χ0n) is 13.8. The van der Waals surface area contributed by atoms with E-state index in [-0.39, 0.29) is 0 Å². The lowest BCUT2D eigenvalue weighted by molar-refractivity contribution is 0.244. The normalized spacial score (nSPS) is 18.9. The first-order valence-electron chi connectivity index (χ1n) is 7.98. The van der Waals surface area contributed by atoms with Crippen molar-refractivity contribution in [3.8, 4) is 11.5 Å². The molecule has 0 fully saturated rings. The molecular formula is C17H24N2O2S2. The average Bonchev–Trinajstić information content (AvgIpc) is 3.14. The third kappa shape index (κ3) is 4.70. The molecule has 0 aromatic carbocycles. The van der Waals surface area contributed by atoms with Gasteiger partial charge >= 0.3 is 0 Å². The van der Waals surface area contributed by atoms with Gasteiger partial charge in [0.05, 0.1) is 23.0 Å². The molecule has 3 heterocycles. The van der Waals surface area contributed by atoms with E-state index in [0.717, 1.165) is 44.1 Å². The lowest BCUT2D eigenvalue weighted by Crippen LogP contribution is -2.30. The fourth-order valence-electron chi connectivity index (χ4n) is 2.56. The Bertz CT molecular complexity index is 559. The summed E-state index contributed by atoms with van der Waals surface area (Å²) in [7, 11) is 4.35. The number of nitrogens with zero attached hydrogens (tertiary/aromatic N) is 2. The maximum Gasteiger partial charge on any atom is 0.134 e. The van der Waals surface area contributed by atoms with Gasteiger partial charge in [-0.05, 0) is 37.0 Å². The number of ether oxygens (including phenoxy) is 2. The minimum Gasteiger partial charge on any atom is -0.492 e. The van der Waals surface area contributed by atoms with E-state index in [0.29, 0.717) is 13.2 Å². The van der Waals surface area contributed by atoms with E-state index in [4.69, 9.17) is 9.47 Å². The number of fused-ring (bicyclic) bond motifs is 2. The first-order valence-corrected chi connectivity index (χ1v) is 9.74. The quantitative estimate of drug-likeness (QED) is 0.724. The molecule has 0 atom stereocenters. The molecule has 4 nitrogen and oxygen atoms in total. The van der Waals surface area contributed by atoms with Crippen LogP contribution in [0.1, 0.15) is 16.2 Å². The van der Waals surface area contributed by atoms with Crippen molar-refractivity contribution in [2.75, 3.05) is 40.4 Å². The number of thiophene rings is 2. The highest BCUT2D eigenvalue weighted by Crippen LogP contribution is 2.28. The Balaban J connectivity index is 1.69. The fraction of sp³-hybridized carbons (Fsp3) is 0.529. The van der Waals surface area contributed by atoms with E-state index in [1.54, 1.807) is 22.7 Å². The average molecular weight is 353 g/mol. The van der Waals surface area contributed by atoms with Crippen LogP contribution in [0.4, 0.5) is 0 Å². The Morgan fingerprint density at radius 2 is 1.30 bits per heavy atom. The van der Waals surface area contributed by atoms with Gasteiger partial charge in [0, 0.05) is 32.6 Å². The van der Waals surface area contributed by atoms with Crippen molar-refractivity contribution < 1.29 is 9.47 Å². The molecule has 126 valence electrons. The third-order valence-electron chi connectivity index (χ3n) is 3.90. The van der Waals surface area contributed by atoms with E-state index in [1.165, 1.54) is 9.75 Å². The van der Waals surface area contributed by atoms with Gasteiger partial charge in [0.1, 0.15) is 11.5 Å². The van der Waals surface area contributed by atoms with Crippen molar-refractivity contribution in [2.45, 2.75) is 19.5 Å². The lowest BCUT2D eigenvalue weighted by atomic mass is 10.3. The van der Waals surface area contributed by atoms with Crippen LogP contribution < -0.4 is 9.47 Å². The second-order valence-electron chi connectivity index (χ2n) is 5.94. The molecule has 2 aromatic rings. The minimum absolute atomic E-state index is 0.701. The highest BCUT2D eigenvalue weighted by atomic mass is 32.1. The molecule has 1 aliphatic rings. The second-order valence-corrected chi connectivity index (χ2v) is 7.94. The number of likely N-dealkylation sites (N-methyl/N-ethyl adjacent to an activating group) is 2. The lowest BCUT2D eigenvalue weighted by Gasteiger charge is -2.21. The molecule has 3 rings (SSSR count). The van der Waals surface area contributed by atoms with Gasteiger partial charge in [0.2, 0.25) is 0 Å². The Morgan fingerprint density at radius 3 is 1.78 bits per heavy atom. The van der Waals surface area contributed by atoms with Gasteiger partial charge in [-0.2, -0.15) is 0 Å². The van der Waals surface area contributed by atoms with Gasteiger partial charge < -0.3 is 9.47 Å². The minimum atomic E-state index is 0.701. The number of hydrogen-bond acceptors (Lipinski definition) is 6. The molecule has 0 spiro atoms. The summed E-state index contributed by atoms with van der Waals surface area (Å²) >= 11 is 3.55. The van der Waals surface area contributed by atoms with Gasteiger partial charge in [0.25, 0.3) is 0 Å². The summed E-state index contributed by atoms with van der Waals surface area (Å²) in [6.45, 7) is 5.37. The summed E-state index contributed by atoms with van der Waals surface area (Å²) in [6, 6.07) is 4.16. The van der Waals surface area contributed by atoms with Crippen molar-refractivity contribution in [2.24, 2.45) is 0 Å². The smallest absolute Gasteiger partial charge is 0.134 e.